The number of amides is 1. The minimum Gasteiger partial charge on any atom is -0.319 e. The van der Waals surface area contributed by atoms with Gasteiger partial charge in [0.05, 0.1) is 35.4 Å². The molecule has 6 heteroatoms. The van der Waals surface area contributed by atoms with E-state index in [0.717, 1.165) is 23.6 Å². The van der Waals surface area contributed by atoms with E-state index in [1.807, 2.05) is 43.7 Å². The third-order valence-corrected chi connectivity index (χ3v) is 4.01. The van der Waals surface area contributed by atoms with Crippen LogP contribution in [0.2, 0.25) is 0 Å². The summed E-state index contributed by atoms with van der Waals surface area (Å²) in [6, 6.07) is 10.1. The highest BCUT2D eigenvalue weighted by atomic mass is 16.1. The molecule has 3 aromatic rings. The van der Waals surface area contributed by atoms with Crippen LogP contribution in [0.15, 0.2) is 42.7 Å². The van der Waals surface area contributed by atoms with Crippen LogP contribution in [-0.4, -0.2) is 25.5 Å². The first kappa shape index (κ1) is 16.0. The van der Waals surface area contributed by atoms with E-state index in [1.54, 1.807) is 17.1 Å². The van der Waals surface area contributed by atoms with Crippen LogP contribution < -0.4 is 5.32 Å². The Morgan fingerprint density at radius 1 is 1.21 bits per heavy atom. The molecule has 3 rings (SSSR count). The number of hydrogen-bond donors (Lipinski definition) is 1. The largest absolute Gasteiger partial charge is 0.319 e. The van der Waals surface area contributed by atoms with Gasteiger partial charge in [-0.3, -0.25) is 14.2 Å². The third-order valence-electron chi connectivity index (χ3n) is 4.01. The van der Waals surface area contributed by atoms with Crippen molar-refractivity contribution in [2.24, 2.45) is 0 Å². The van der Waals surface area contributed by atoms with Crippen LogP contribution in [0.1, 0.15) is 34.2 Å². The van der Waals surface area contributed by atoms with Crippen LogP contribution in [0, 0.1) is 13.8 Å². The lowest BCUT2D eigenvalue weighted by molar-refractivity contribution is 0.102. The molecule has 0 atom stereocenters. The van der Waals surface area contributed by atoms with Crippen molar-refractivity contribution in [2.75, 3.05) is 5.32 Å². The number of benzene rings is 1. The van der Waals surface area contributed by atoms with Crippen molar-refractivity contribution in [2.45, 2.75) is 33.9 Å². The molecule has 0 aliphatic heterocycles. The molecule has 2 aromatic heterocycles. The molecule has 1 amide bonds. The Bertz CT molecular complexity index is 848. The van der Waals surface area contributed by atoms with Crippen LogP contribution in [0.25, 0.3) is 0 Å². The number of anilines is 1. The van der Waals surface area contributed by atoms with Gasteiger partial charge >= 0.3 is 0 Å². The fraction of sp³-hybridized carbons (Fsp3) is 0.278. The zero-order valence-corrected chi connectivity index (χ0v) is 14.2. The van der Waals surface area contributed by atoms with Crippen molar-refractivity contribution >= 4 is 11.6 Å². The molecule has 124 valence electrons. The minimum atomic E-state index is -0.167. The maximum atomic E-state index is 12.4. The summed E-state index contributed by atoms with van der Waals surface area (Å²) in [4.78, 5) is 12.4. The first-order valence-electron chi connectivity index (χ1n) is 8.00. The van der Waals surface area contributed by atoms with Crippen molar-refractivity contribution in [3.63, 3.8) is 0 Å². The van der Waals surface area contributed by atoms with Crippen LogP contribution in [0.5, 0.6) is 0 Å². The molecule has 6 nitrogen and oxygen atoms in total. The Kier molecular flexibility index (Phi) is 4.46. The van der Waals surface area contributed by atoms with Crippen molar-refractivity contribution in [1.29, 1.82) is 0 Å². The standard InChI is InChI=1S/C18H21N5O/c1-4-22-12-16(10-19-22)18(24)20-17-13(2)21-23(14(17)3)11-15-8-6-5-7-9-15/h5-10,12H,4,11H2,1-3H3,(H,20,24). The number of nitrogens with zero attached hydrogens (tertiary/aromatic N) is 4. The van der Waals surface area contributed by atoms with Gasteiger partial charge in [0.2, 0.25) is 0 Å². The van der Waals surface area contributed by atoms with E-state index in [2.05, 4.69) is 27.6 Å². The monoisotopic (exact) mass is 323 g/mol. The quantitative estimate of drug-likeness (QED) is 0.785. The number of rotatable bonds is 5. The summed E-state index contributed by atoms with van der Waals surface area (Å²) in [6.45, 7) is 7.27. The van der Waals surface area contributed by atoms with Gasteiger partial charge in [0.25, 0.3) is 5.91 Å². The lowest BCUT2D eigenvalue weighted by Crippen LogP contribution is -2.13. The first-order valence-corrected chi connectivity index (χ1v) is 8.00. The molecule has 0 spiro atoms. The highest BCUT2D eigenvalue weighted by molar-refractivity contribution is 6.04. The molecule has 0 unspecified atom stereocenters. The van der Waals surface area contributed by atoms with Gasteiger partial charge in [-0.2, -0.15) is 10.2 Å². The number of aryl methyl sites for hydroxylation is 2. The maximum absolute atomic E-state index is 12.4. The van der Waals surface area contributed by atoms with Crippen LogP contribution in [-0.2, 0) is 13.1 Å². The topological polar surface area (TPSA) is 64.7 Å². The van der Waals surface area contributed by atoms with E-state index in [4.69, 9.17) is 0 Å². The zero-order chi connectivity index (χ0) is 17.1. The third kappa shape index (κ3) is 3.22. The molecule has 0 aliphatic rings. The molecule has 0 bridgehead atoms. The van der Waals surface area contributed by atoms with E-state index in [1.165, 1.54) is 5.56 Å². The van der Waals surface area contributed by atoms with Crippen LogP contribution in [0.3, 0.4) is 0 Å². The van der Waals surface area contributed by atoms with Gasteiger partial charge in [0.1, 0.15) is 0 Å². The van der Waals surface area contributed by atoms with E-state index in [0.29, 0.717) is 12.1 Å². The predicted molar refractivity (Wildman–Crippen MR) is 93.1 cm³/mol. The SMILES string of the molecule is CCn1cc(C(=O)Nc2c(C)nn(Cc3ccccc3)c2C)cn1. The Labute approximate surface area is 141 Å². The summed E-state index contributed by atoms with van der Waals surface area (Å²) in [5.74, 6) is -0.167. The molecule has 0 aliphatic carbocycles. The maximum Gasteiger partial charge on any atom is 0.258 e. The second-order valence-electron chi connectivity index (χ2n) is 5.73. The van der Waals surface area contributed by atoms with Gasteiger partial charge in [0.15, 0.2) is 0 Å². The number of nitrogens with one attached hydrogen (secondary N) is 1. The Hall–Kier alpha value is -2.89. The fourth-order valence-electron chi connectivity index (χ4n) is 2.63. The first-order chi connectivity index (χ1) is 11.6. The Morgan fingerprint density at radius 2 is 1.96 bits per heavy atom. The van der Waals surface area contributed by atoms with Crippen LogP contribution >= 0.6 is 0 Å². The van der Waals surface area contributed by atoms with Crippen molar-refractivity contribution < 1.29 is 4.79 Å². The normalized spacial score (nSPS) is 10.8. The summed E-state index contributed by atoms with van der Waals surface area (Å²) in [5.41, 5.74) is 4.23. The molecular formula is C18H21N5O. The van der Waals surface area contributed by atoms with Crippen molar-refractivity contribution in [3.8, 4) is 0 Å². The average Bonchev–Trinajstić information content (AvgIpc) is 3.17. The molecule has 0 saturated carbocycles. The van der Waals surface area contributed by atoms with Crippen LogP contribution in [0.4, 0.5) is 5.69 Å². The second kappa shape index (κ2) is 6.70. The number of aromatic nitrogens is 4. The molecule has 0 saturated heterocycles. The molecule has 0 radical (unpaired) electrons. The Balaban J connectivity index is 1.80. The van der Waals surface area contributed by atoms with Gasteiger partial charge in [-0.25, -0.2) is 0 Å². The average molecular weight is 323 g/mol. The number of carbonyl (C=O) groups excluding carboxylic acids is 1. The highest BCUT2D eigenvalue weighted by Gasteiger charge is 2.16. The van der Waals surface area contributed by atoms with Gasteiger partial charge in [-0.1, -0.05) is 30.3 Å². The molecule has 0 fully saturated rings. The number of hydrogen-bond acceptors (Lipinski definition) is 3. The van der Waals surface area contributed by atoms with Gasteiger partial charge in [-0.05, 0) is 26.3 Å². The van der Waals surface area contributed by atoms with E-state index in [9.17, 15) is 4.79 Å². The van der Waals surface area contributed by atoms with E-state index < -0.39 is 0 Å². The summed E-state index contributed by atoms with van der Waals surface area (Å²) in [7, 11) is 0. The van der Waals surface area contributed by atoms with E-state index >= 15 is 0 Å². The van der Waals surface area contributed by atoms with Crippen molar-refractivity contribution in [1.82, 2.24) is 19.6 Å². The van der Waals surface area contributed by atoms with Gasteiger partial charge in [-0.15, -0.1) is 0 Å². The highest BCUT2D eigenvalue weighted by Crippen LogP contribution is 2.21. The van der Waals surface area contributed by atoms with Gasteiger partial charge in [0, 0.05) is 12.7 Å². The summed E-state index contributed by atoms with van der Waals surface area (Å²) in [5, 5.41) is 11.7. The van der Waals surface area contributed by atoms with Gasteiger partial charge < -0.3 is 5.32 Å². The molecule has 1 aromatic carbocycles. The summed E-state index contributed by atoms with van der Waals surface area (Å²) >= 11 is 0. The lowest BCUT2D eigenvalue weighted by atomic mass is 10.2. The smallest absolute Gasteiger partial charge is 0.258 e. The van der Waals surface area contributed by atoms with E-state index in [-0.39, 0.29) is 5.91 Å². The predicted octanol–water partition coefficient (Wildman–Crippen LogP) is 3.02. The molecule has 2 heterocycles. The molecule has 1 N–H and O–H groups in total. The Morgan fingerprint density at radius 3 is 2.62 bits per heavy atom. The summed E-state index contributed by atoms with van der Waals surface area (Å²) < 4.78 is 3.64. The molecular weight excluding hydrogens is 302 g/mol. The lowest BCUT2D eigenvalue weighted by Gasteiger charge is -2.06. The number of carbonyl (C=O) groups is 1. The summed E-state index contributed by atoms with van der Waals surface area (Å²) in [6.07, 6.45) is 3.33. The zero-order valence-electron chi connectivity index (χ0n) is 14.2. The molecule has 24 heavy (non-hydrogen) atoms. The minimum absolute atomic E-state index is 0.167. The fourth-order valence-corrected chi connectivity index (χ4v) is 2.63. The van der Waals surface area contributed by atoms with Crippen molar-refractivity contribution in [3.05, 3.63) is 65.2 Å². The second-order valence-corrected chi connectivity index (χ2v) is 5.73.